The molecule has 110 valence electrons. The number of nitrogens with one attached hydrogen (secondary N) is 1. The Bertz CT molecular complexity index is 668. The van der Waals surface area contributed by atoms with Crippen LogP contribution in [0.5, 0.6) is 0 Å². The van der Waals surface area contributed by atoms with Crippen molar-refractivity contribution in [3.63, 3.8) is 0 Å². The van der Waals surface area contributed by atoms with E-state index in [2.05, 4.69) is 21.2 Å². The molecule has 0 aliphatic heterocycles. The molecule has 0 aliphatic rings. The SMILES string of the molecule is Cc1cc(C)cc(C(Nc2ccc(Cl)c(Br)c2)C(=O)O)c1. The highest BCUT2D eigenvalue weighted by atomic mass is 79.9. The molecule has 1 unspecified atom stereocenters. The number of carboxylic acid groups (broad SMARTS) is 1. The van der Waals surface area contributed by atoms with Gasteiger partial charge in [-0.05, 0) is 53.5 Å². The number of halogens is 2. The molecular weight excluding hydrogens is 354 g/mol. The Balaban J connectivity index is 2.35. The predicted octanol–water partition coefficient (Wildman–Crippen LogP) is 4.96. The predicted molar refractivity (Wildman–Crippen MR) is 89.1 cm³/mol. The van der Waals surface area contributed by atoms with E-state index in [-0.39, 0.29) is 0 Å². The van der Waals surface area contributed by atoms with Crippen LogP contribution in [0.25, 0.3) is 0 Å². The Morgan fingerprint density at radius 3 is 2.33 bits per heavy atom. The zero-order valence-corrected chi connectivity index (χ0v) is 14.0. The van der Waals surface area contributed by atoms with Crippen LogP contribution in [0.2, 0.25) is 5.02 Å². The van der Waals surface area contributed by atoms with E-state index in [1.807, 2.05) is 32.0 Å². The molecule has 1 atom stereocenters. The lowest BCUT2D eigenvalue weighted by molar-refractivity contribution is -0.138. The van der Waals surface area contributed by atoms with Crippen molar-refractivity contribution < 1.29 is 9.90 Å². The fraction of sp³-hybridized carbons (Fsp3) is 0.188. The average molecular weight is 369 g/mol. The van der Waals surface area contributed by atoms with Gasteiger partial charge in [0, 0.05) is 10.2 Å². The molecule has 0 heterocycles. The zero-order valence-electron chi connectivity index (χ0n) is 11.7. The van der Waals surface area contributed by atoms with E-state index < -0.39 is 12.0 Å². The van der Waals surface area contributed by atoms with Crippen molar-refractivity contribution in [3.8, 4) is 0 Å². The molecule has 0 bridgehead atoms. The summed E-state index contributed by atoms with van der Waals surface area (Å²) in [7, 11) is 0. The molecule has 5 heteroatoms. The van der Waals surface area contributed by atoms with Crippen LogP contribution in [0.3, 0.4) is 0 Å². The largest absolute Gasteiger partial charge is 0.479 e. The monoisotopic (exact) mass is 367 g/mol. The van der Waals surface area contributed by atoms with Crippen LogP contribution in [0.4, 0.5) is 5.69 Å². The molecule has 2 aromatic rings. The second-order valence-corrected chi connectivity index (χ2v) is 6.23. The summed E-state index contributed by atoms with van der Waals surface area (Å²) in [5.41, 5.74) is 3.49. The van der Waals surface area contributed by atoms with E-state index in [1.54, 1.807) is 18.2 Å². The van der Waals surface area contributed by atoms with Gasteiger partial charge in [-0.2, -0.15) is 0 Å². The van der Waals surface area contributed by atoms with Gasteiger partial charge in [0.1, 0.15) is 0 Å². The third-order valence-corrected chi connectivity index (χ3v) is 4.27. The lowest BCUT2D eigenvalue weighted by atomic mass is 10.0. The van der Waals surface area contributed by atoms with Crippen LogP contribution in [0.15, 0.2) is 40.9 Å². The third-order valence-electron chi connectivity index (χ3n) is 3.05. The topological polar surface area (TPSA) is 49.3 Å². The molecule has 0 saturated carbocycles. The Labute approximate surface area is 137 Å². The van der Waals surface area contributed by atoms with Gasteiger partial charge in [0.05, 0.1) is 5.02 Å². The maximum atomic E-state index is 11.6. The summed E-state index contributed by atoms with van der Waals surface area (Å²) in [5, 5.41) is 13.1. The average Bonchev–Trinajstić information content (AvgIpc) is 2.38. The van der Waals surface area contributed by atoms with Crippen molar-refractivity contribution in [2.24, 2.45) is 0 Å². The molecule has 3 nitrogen and oxygen atoms in total. The lowest BCUT2D eigenvalue weighted by Gasteiger charge is -2.18. The Hall–Kier alpha value is -1.52. The van der Waals surface area contributed by atoms with Crippen molar-refractivity contribution >= 4 is 39.2 Å². The van der Waals surface area contributed by atoms with Gasteiger partial charge in [-0.25, -0.2) is 4.79 Å². The van der Waals surface area contributed by atoms with Crippen molar-refractivity contribution in [1.29, 1.82) is 0 Å². The van der Waals surface area contributed by atoms with Gasteiger partial charge in [0.15, 0.2) is 6.04 Å². The van der Waals surface area contributed by atoms with Crippen LogP contribution in [0, 0.1) is 13.8 Å². The van der Waals surface area contributed by atoms with Gasteiger partial charge in [-0.1, -0.05) is 40.9 Å². The minimum Gasteiger partial charge on any atom is -0.479 e. The first-order valence-corrected chi connectivity index (χ1v) is 7.56. The van der Waals surface area contributed by atoms with Crippen LogP contribution < -0.4 is 5.32 Å². The number of aliphatic carboxylic acids is 1. The van der Waals surface area contributed by atoms with Crippen LogP contribution >= 0.6 is 27.5 Å². The van der Waals surface area contributed by atoms with Crippen LogP contribution in [0.1, 0.15) is 22.7 Å². The molecule has 21 heavy (non-hydrogen) atoms. The molecule has 0 fully saturated rings. The quantitative estimate of drug-likeness (QED) is 0.802. The van der Waals surface area contributed by atoms with Crippen molar-refractivity contribution in [2.45, 2.75) is 19.9 Å². The fourth-order valence-electron chi connectivity index (χ4n) is 2.22. The summed E-state index contributed by atoms with van der Waals surface area (Å²) in [6.07, 6.45) is 0. The van der Waals surface area contributed by atoms with Crippen molar-refractivity contribution in [1.82, 2.24) is 0 Å². The maximum absolute atomic E-state index is 11.6. The number of hydrogen-bond acceptors (Lipinski definition) is 2. The highest BCUT2D eigenvalue weighted by Crippen LogP contribution is 2.28. The van der Waals surface area contributed by atoms with E-state index in [0.717, 1.165) is 21.2 Å². The second kappa shape index (κ2) is 6.50. The Morgan fingerprint density at radius 1 is 1.19 bits per heavy atom. The Morgan fingerprint density at radius 2 is 1.81 bits per heavy atom. The fourth-order valence-corrected chi connectivity index (χ4v) is 2.71. The van der Waals surface area contributed by atoms with Crippen LogP contribution in [-0.4, -0.2) is 11.1 Å². The molecule has 0 aliphatic carbocycles. The Kier molecular flexibility index (Phi) is 4.91. The molecule has 0 aromatic heterocycles. The van der Waals surface area contributed by atoms with E-state index in [0.29, 0.717) is 10.7 Å². The minimum absolute atomic E-state index is 0.582. The van der Waals surface area contributed by atoms with E-state index in [4.69, 9.17) is 11.6 Å². The summed E-state index contributed by atoms with van der Waals surface area (Å²) in [4.78, 5) is 11.6. The van der Waals surface area contributed by atoms with Crippen molar-refractivity contribution in [2.75, 3.05) is 5.32 Å². The first-order chi connectivity index (χ1) is 9.86. The summed E-state index contributed by atoms with van der Waals surface area (Å²) in [6.45, 7) is 3.91. The summed E-state index contributed by atoms with van der Waals surface area (Å²) >= 11 is 9.28. The lowest BCUT2D eigenvalue weighted by Crippen LogP contribution is -2.20. The zero-order chi connectivity index (χ0) is 15.6. The highest BCUT2D eigenvalue weighted by Gasteiger charge is 2.20. The van der Waals surface area contributed by atoms with Gasteiger partial charge in [-0.15, -0.1) is 0 Å². The van der Waals surface area contributed by atoms with Gasteiger partial charge >= 0.3 is 5.97 Å². The summed E-state index contributed by atoms with van der Waals surface area (Å²) < 4.78 is 0.721. The van der Waals surface area contributed by atoms with Gasteiger partial charge in [0.2, 0.25) is 0 Å². The molecule has 2 rings (SSSR count). The molecule has 2 N–H and O–H groups in total. The number of carbonyl (C=O) groups is 1. The standard InChI is InChI=1S/C16H15BrClNO2/c1-9-5-10(2)7-11(6-9)15(16(20)21)19-12-3-4-14(18)13(17)8-12/h3-8,15,19H,1-2H3,(H,20,21). The first-order valence-electron chi connectivity index (χ1n) is 6.39. The van der Waals surface area contributed by atoms with Gasteiger partial charge < -0.3 is 10.4 Å². The number of rotatable bonds is 4. The molecular formula is C16H15BrClNO2. The molecule has 2 aromatic carbocycles. The number of hydrogen-bond donors (Lipinski definition) is 2. The number of benzene rings is 2. The van der Waals surface area contributed by atoms with Gasteiger partial charge in [-0.3, -0.25) is 0 Å². The second-order valence-electron chi connectivity index (χ2n) is 4.97. The third kappa shape index (κ3) is 3.99. The minimum atomic E-state index is -0.925. The smallest absolute Gasteiger partial charge is 0.330 e. The normalized spacial score (nSPS) is 12.0. The van der Waals surface area contributed by atoms with Gasteiger partial charge in [0.25, 0.3) is 0 Å². The number of carboxylic acids is 1. The van der Waals surface area contributed by atoms with E-state index >= 15 is 0 Å². The first kappa shape index (κ1) is 15.9. The number of aryl methyl sites for hydroxylation is 2. The summed E-state index contributed by atoms with van der Waals surface area (Å²) in [6, 6.07) is 10.2. The van der Waals surface area contributed by atoms with E-state index in [1.165, 1.54) is 0 Å². The summed E-state index contributed by atoms with van der Waals surface area (Å²) in [5.74, 6) is -0.925. The van der Waals surface area contributed by atoms with Crippen molar-refractivity contribution in [3.05, 3.63) is 62.6 Å². The maximum Gasteiger partial charge on any atom is 0.330 e. The number of anilines is 1. The highest BCUT2D eigenvalue weighted by molar-refractivity contribution is 9.10. The molecule has 0 spiro atoms. The molecule has 0 radical (unpaired) electrons. The molecule has 0 amide bonds. The van der Waals surface area contributed by atoms with Crippen LogP contribution in [-0.2, 0) is 4.79 Å². The molecule has 0 saturated heterocycles. The van der Waals surface area contributed by atoms with E-state index in [9.17, 15) is 9.90 Å².